The largest absolute Gasteiger partial charge is 0.309 e. The Morgan fingerprint density at radius 1 is 0.175 bits per heavy atom. The summed E-state index contributed by atoms with van der Waals surface area (Å²) in [5.41, 5.74) is 10.8. The van der Waals surface area contributed by atoms with Crippen LogP contribution < -0.4 is 41.5 Å². The number of aromatic nitrogens is 3. The third-order valence-corrected chi connectivity index (χ3v) is 34.0. The predicted octanol–water partition coefficient (Wildman–Crippen LogP) is 20.2. The van der Waals surface area contributed by atoms with Gasteiger partial charge in [0.2, 0.25) is 0 Å². The van der Waals surface area contributed by atoms with Crippen LogP contribution in [0, 0.1) is 0 Å². The number of thiophene rings is 2. The third kappa shape index (κ3) is 9.51. The van der Waals surface area contributed by atoms with Crippen molar-refractivity contribution in [2.24, 2.45) is 0 Å². The summed E-state index contributed by atoms with van der Waals surface area (Å²) >= 11 is 3.87. The first-order chi connectivity index (χ1) is 51.1. The van der Waals surface area contributed by atoms with Gasteiger partial charge in [-0.25, -0.2) is 0 Å². The van der Waals surface area contributed by atoms with Crippen molar-refractivity contribution in [3.05, 3.63) is 394 Å². The van der Waals surface area contributed by atoms with E-state index in [1.54, 1.807) is 0 Å². The molecule has 5 aromatic heterocycles. The van der Waals surface area contributed by atoms with Gasteiger partial charge in [-0.3, -0.25) is 0 Å². The minimum Gasteiger partial charge on any atom is -0.309 e. The smallest absolute Gasteiger partial charge is 0.181 e. The van der Waals surface area contributed by atoms with Crippen LogP contribution in [0.4, 0.5) is 0 Å². The topological polar surface area (TPSA) is 14.8 Å². The van der Waals surface area contributed by atoms with Crippen molar-refractivity contribution < 1.29 is 0 Å². The van der Waals surface area contributed by atoms with Crippen LogP contribution in [0.2, 0.25) is 0 Å². The first-order valence-corrected chi connectivity index (χ1v) is 41.0. The van der Waals surface area contributed by atoms with Gasteiger partial charge < -0.3 is 13.7 Å². The first kappa shape index (κ1) is 60.7. The Morgan fingerprint density at radius 2 is 0.437 bits per heavy atom. The number of nitrogens with zero attached hydrogens (tertiary/aromatic N) is 3. The molecule has 0 spiro atoms. The van der Waals surface area contributed by atoms with Gasteiger partial charge in [0.15, 0.2) is 16.1 Å². The maximum atomic E-state index is 2.51. The molecule has 0 unspecified atom stereocenters. The molecule has 0 atom stereocenters. The fourth-order valence-electron chi connectivity index (χ4n) is 17.3. The fraction of sp³-hybridized carbons (Fsp3) is 0. The zero-order valence-corrected chi connectivity index (χ0v) is 59.8. The number of fused-ring (bicyclic) bond motifs is 15. The van der Waals surface area contributed by atoms with E-state index >= 15 is 0 Å². The fourth-order valence-corrected chi connectivity index (χ4v) is 30.5. The zero-order valence-electron chi connectivity index (χ0n) is 56.2. The van der Waals surface area contributed by atoms with E-state index in [0.29, 0.717) is 0 Å². The molecule has 3 nitrogen and oxygen atoms in total. The van der Waals surface area contributed by atoms with Gasteiger partial charge in [-0.05, 0) is 126 Å². The maximum absolute atomic E-state index is 2.91. The zero-order chi connectivity index (χ0) is 68.0. The van der Waals surface area contributed by atoms with Gasteiger partial charge in [-0.1, -0.05) is 309 Å². The standard InChI is InChI=1S/C54H36N2SSi.C42H29NSSi/c1-3-18-39(19-4-1)58(40-20-5-2-6-21-40,53-32-16-27-46-45-26-10-14-31-52(45)57-54(46)53)41-22-15-17-37(35-41)55-50-30-13-9-25-44(50)47-36-38(33-34-51(47)55)56-48-28-11-7-23-42(48)43-24-8-12-29-49(43)56;1-3-16-31(17-4-1)45(32-18-5-2-6-19-32,41-28-14-24-37-36-23-9-12-27-40(36)44-42(37)41)33-20-13-15-30(29-33)43-38-25-10-7-21-34(38)35-22-8-11-26-39(35)43/h1-36H;1-29H. The second-order valence-corrected chi connectivity index (χ2v) is 36.6. The molecule has 0 radical (unpaired) electrons. The summed E-state index contributed by atoms with van der Waals surface area (Å²) < 4.78 is 12.8. The lowest BCUT2D eigenvalue weighted by Crippen LogP contribution is -2.74. The summed E-state index contributed by atoms with van der Waals surface area (Å²) in [6.07, 6.45) is 0. The van der Waals surface area contributed by atoms with Crippen LogP contribution in [0.1, 0.15) is 0 Å². The van der Waals surface area contributed by atoms with E-state index in [0.717, 1.165) is 5.69 Å². The molecule has 21 aromatic rings. The number of hydrogen-bond donors (Lipinski definition) is 0. The van der Waals surface area contributed by atoms with Crippen LogP contribution in [0.5, 0.6) is 0 Å². The van der Waals surface area contributed by atoms with Crippen LogP contribution in [-0.4, -0.2) is 29.8 Å². The van der Waals surface area contributed by atoms with Crippen molar-refractivity contribution in [1.29, 1.82) is 0 Å². The molecule has 0 saturated heterocycles. The van der Waals surface area contributed by atoms with Crippen molar-refractivity contribution in [2.75, 3.05) is 0 Å². The van der Waals surface area contributed by atoms with Gasteiger partial charge in [-0.2, -0.15) is 0 Å². The number of rotatable bonds is 11. The highest BCUT2D eigenvalue weighted by molar-refractivity contribution is 7.31. The number of para-hydroxylation sites is 5. The van der Waals surface area contributed by atoms with Crippen molar-refractivity contribution in [2.45, 2.75) is 0 Å². The molecule has 484 valence electrons. The van der Waals surface area contributed by atoms with Gasteiger partial charge in [0.25, 0.3) is 0 Å². The Kier molecular flexibility index (Phi) is 14.7. The van der Waals surface area contributed by atoms with E-state index in [2.05, 4.69) is 408 Å². The molecule has 103 heavy (non-hydrogen) atoms. The van der Waals surface area contributed by atoms with Gasteiger partial charge >= 0.3 is 0 Å². The molecule has 0 fully saturated rings. The van der Waals surface area contributed by atoms with Gasteiger partial charge in [0.05, 0.1) is 33.1 Å². The second-order valence-electron chi connectivity index (χ2n) is 26.9. The van der Waals surface area contributed by atoms with Crippen LogP contribution in [0.3, 0.4) is 0 Å². The summed E-state index contributed by atoms with van der Waals surface area (Å²) in [4.78, 5) is 0. The summed E-state index contributed by atoms with van der Waals surface area (Å²) in [6.45, 7) is 0. The molecular weight excluding hydrogens is 1320 g/mol. The highest BCUT2D eigenvalue weighted by Gasteiger charge is 2.45. The van der Waals surface area contributed by atoms with Crippen LogP contribution in [-0.2, 0) is 0 Å². The van der Waals surface area contributed by atoms with Crippen molar-refractivity contribution in [1.82, 2.24) is 13.7 Å². The summed E-state index contributed by atoms with van der Waals surface area (Å²) in [5.74, 6) is 0. The van der Waals surface area contributed by atoms with E-state index in [4.69, 9.17) is 0 Å². The lowest BCUT2D eigenvalue weighted by atomic mass is 10.1. The monoisotopic (exact) mass is 1380 g/mol. The number of benzene rings is 16. The summed E-state index contributed by atoms with van der Waals surface area (Å²) in [7, 11) is -5.72. The quantitative estimate of drug-likeness (QED) is 0.0906. The molecule has 7 heteroatoms. The number of hydrogen-bond acceptors (Lipinski definition) is 2. The lowest BCUT2D eigenvalue weighted by molar-refractivity contribution is 1.17. The average Bonchev–Trinajstić information content (AvgIpc) is 1.70. The molecule has 0 bridgehead atoms. The van der Waals surface area contributed by atoms with Crippen molar-refractivity contribution in [3.8, 4) is 17.1 Å². The molecule has 0 amide bonds. The molecule has 0 N–H and O–H groups in total. The van der Waals surface area contributed by atoms with E-state index < -0.39 is 16.1 Å². The molecule has 5 heterocycles. The molecule has 0 saturated carbocycles. The summed E-state index contributed by atoms with van der Waals surface area (Å²) in [6, 6.07) is 147. The Balaban J connectivity index is 0.000000142. The molecule has 0 aliphatic heterocycles. The van der Waals surface area contributed by atoms with Gasteiger partial charge in [0.1, 0.15) is 0 Å². The molecule has 21 rings (SSSR count). The highest BCUT2D eigenvalue weighted by atomic mass is 32.1. The van der Waals surface area contributed by atoms with Crippen LogP contribution >= 0.6 is 22.7 Å². The highest BCUT2D eigenvalue weighted by Crippen LogP contribution is 2.40. The van der Waals surface area contributed by atoms with E-state index in [1.165, 1.54) is 159 Å². The average molecular weight is 1380 g/mol. The molecule has 16 aromatic carbocycles. The minimum atomic E-state index is -2.91. The second kappa shape index (κ2) is 24.8. The molecule has 0 aliphatic carbocycles. The Bertz CT molecular complexity index is 6640. The lowest BCUT2D eigenvalue weighted by Gasteiger charge is -2.35. The van der Waals surface area contributed by atoms with Crippen LogP contribution in [0.25, 0.3) is 123 Å². The van der Waals surface area contributed by atoms with Crippen LogP contribution in [0.15, 0.2) is 394 Å². The van der Waals surface area contributed by atoms with E-state index in [9.17, 15) is 0 Å². The Labute approximate surface area is 606 Å². The Morgan fingerprint density at radius 3 is 0.796 bits per heavy atom. The van der Waals surface area contributed by atoms with Gasteiger partial charge in [-0.15, -0.1) is 22.7 Å². The SMILES string of the molecule is c1ccc([Si](c2ccccc2)(c2cccc(-n3c4ccccc4c4cc(-n5c6ccccc6c6ccccc65)ccc43)c2)c2cccc3c2sc2ccccc23)cc1.c1ccc([Si](c2ccccc2)(c2cccc(-n3c4ccccc4c4ccccc43)c2)c2cccc3c2sc2ccccc23)cc1. The maximum Gasteiger partial charge on any atom is 0.181 e. The predicted molar refractivity (Wildman–Crippen MR) is 449 cm³/mol. The molecular formula is C96H65N3S2Si2. The van der Waals surface area contributed by atoms with E-state index in [-0.39, 0.29) is 0 Å². The Hall–Kier alpha value is -12.2. The summed E-state index contributed by atoms with van der Waals surface area (Å²) in [5, 5.41) is 24.1. The van der Waals surface area contributed by atoms with Gasteiger partial charge in [0, 0.05) is 89.7 Å². The first-order valence-electron chi connectivity index (χ1n) is 35.4. The normalized spacial score (nSPS) is 12.1. The third-order valence-electron chi connectivity index (χ3n) is 21.6. The molecule has 0 aliphatic rings. The minimum absolute atomic E-state index is 1.16. The van der Waals surface area contributed by atoms with Crippen molar-refractivity contribution in [3.63, 3.8) is 0 Å². The van der Waals surface area contributed by atoms with Crippen molar-refractivity contribution >= 4 is 186 Å². The van der Waals surface area contributed by atoms with E-state index in [1.807, 2.05) is 22.7 Å².